The molecule has 1 aromatic carbocycles. The molecule has 19 heavy (non-hydrogen) atoms. The number of phenols is 2. The molecule has 1 aromatic rings. The van der Waals surface area contributed by atoms with Gasteiger partial charge in [-0.15, -0.1) is 0 Å². The van der Waals surface area contributed by atoms with E-state index >= 15 is 0 Å². The summed E-state index contributed by atoms with van der Waals surface area (Å²) in [6.45, 7) is 4.64. The highest BCUT2D eigenvalue weighted by molar-refractivity contribution is 5.40. The van der Waals surface area contributed by atoms with Crippen LogP contribution in [-0.4, -0.2) is 34.2 Å². The van der Waals surface area contributed by atoms with E-state index in [4.69, 9.17) is 0 Å². The van der Waals surface area contributed by atoms with Gasteiger partial charge in [0, 0.05) is 6.04 Å². The lowest BCUT2D eigenvalue weighted by atomic mass is 10.0. The molecule has 1 saturated heterocycles. The summed E-state index contributed by atoms with van der Waals surface area (Å²) in [5.41, 5.74) is 1.11. The van der Waals surface area contributed by atoms with Crippen LogP contribution < -0.4 is 0 Å². The fraction of sp³-hybridized carbons (Fsp3) is 0.625. The van der Waals surface area contributed by atoms with E-state index in [9.17, 15) is 10.2 Å². The van der Waals surface area contributed by atoms with Gasteiger partial charge in [-0.2, -0.15) is 0 Å². The van der Waals surface area contributed by atoms with E-state index in [0.29, 0.717) is 6.04 Å². The maximum Gasteiger partial charge on any atom is 0.157 e. The summed E-state index contributed by atoms with van der Waals surface area (Å²) < 4.78 is 0. The van der Waals surface area contributed by atoms with Crippen LogP contribution in [0.25, 0.3) is 0 Å². The van der Waals surface area contributed by atoms with Crippen LogP contribution in [0, 0.1) is 0 Å². The third-order valence-electron chi connectivity index (χ3n) is 4.06. The second-order valence-electron chi connectivity index (χ2n) is 5.57. The number of hydrogen-bond acceptors (Lipinski definition) is 3. The van der Waals surface area contributed by atoms with Crippen LogP contribution in [-0.2, 0) is 6.42 Å². The fourth-order valence-corrected chi connectivity index (χ4v) is 2.95. The van der Waals surface area contributed by atoms with Crippen molar-refractivity contribution in [2.24, 2.45) is 0 Å². The number of phenolic OH excluding ortho intramolecular Hbond substituents is 2. The molecule has 0 aliphatic carbocycles. The highest BCUT2D eigenvalue weighted by Gasteiger charge is 2.24. The van der Waals surface area contributed by atoms with Gasteiger partial charge in [0.05, 0.1) is 0 Å². The van der Waals surface area contributed by atoms with Gasteiger partial charge >= 0.3 is 0 Å². The number of aromatic hydroxyl groups is 2. The molecule has 1 heterocycles. The first-order chi connectivity index (χ1) is 9.20. The zero-order valence-electron chi connectivity index (χ0n) is 11.8. The Kier molecular flexibility index (Phi) is 5.08. The Labute approximate surface area is 115 Å². The predicted molar refractivity (Wildman–Crippen MR) is 77.6 cm³/mol. The molecule has 1 unspecified atom stereocenters. The lowest BCUT2D eigenvalue weighted by molar-refractivity contribution is 0.247. The summed E-state index contributed by atoms with van der Waals surface area (Å²) in [7, 11) is 0. The van der Waals surface area contributed by atoms with Crippen molar-refractivity contribution < 1.29 is 10.2 Å². The van der Waals surface area contributed by atoms with Crippen molar-refractivity contribution in [3.05, 3.63) is 23.8 Å². The predicted octanol–water partition coefficient (Wildman–Crippen LogP) is 3.29. The van der Waals surface area contributed by atoms with Gasteiger partial charge in [0.25, 0.3) is 0 Å². The smallest absolute Gasteiger partial charge is 0.157 e. The van der Waals surface area contributed by atoms with Gasteiger partial charge < -0.3 is 15.1 Å². The quantitative estimate of drug-likeness (QED) is 0.611. The van der Waals surface area contributed by atoms with Crippen LogP contribution >= 0.6 is 0 Å². The van der Waals surface area contributed by atoms with Gasteiger partial charge in [-0.25, -0.2) is 0 Å². The van der Waals surface area contributed by atoms with Gasteiger partial charge in [-0.05, 0) is 56.5 Å². The Morgan fingerprint density at radius 3 is 2.79 bits per heavy atom. The number of likely N-dealkylation sites (tertiary alicyclic amines) is 1. The molecule has 0 radical (unpaired) electrons. The van der Waals surface area contributed by atoms with Crippen LogP contribution in [0.2, 0.25) is 0 Å². The van der Waals surface area contributed by atoms with Crippen molar-refractivity contribution >= 4 is 0 Å². The van der Waals surface area contributed by atoms with Crippen LogP contribution in [0.3, 0.4) is 0 Å². The van der Waals surface area contributed by atoms with Gasteiger partial charge in [0.1, 0.15) is 0 Å². The largest absolute Gasteiger partial charge is 0.504 e. The molecule has 1 aliphatic rings. The van der Waals surface area contributed by atoms with Gasteiger partial charge in [-0.1, -0.05) is 25.8 Å². The molecule has 3 heteroatoms. The second kappa shape index (κ2) is 6.80. The van der Waals surface area contributed by atoms with E-state index in [0.717, 1.165) is 12.0 Å². The standard InChI is InChI=1S/C16H25NO2/c1-2-3-4-9-17-10-5-6-14(17)11-13-7-8-15(18)16(19)12-13/h7-8,12,14,18-19H,2-6,9-11H2,1H3. The summed E-state index contributed by atoms with van der Waals surface area (Å²) >= 11 is 0. The number of unbranched alkanes of at least 4 members (excludes halogenated alkanes) is 2. The second-order valence-corrected chi connectivity index (χ2v) is 5.57. The third kappa shape index (κ3) is 3.87. The van der Waals surface area contributed by atoms with Crippen LogP contribution in [0.4, 0.5) is 0 Å². The highest BCUT2D eigenvalue weighted by atomic mass is 16.3. The summed E-state index contributed by atoms with van der Waals surface area (Å²) in [5.74, 6) is -0.0389. The van der Waals surface area contributed by atoms with Crippen molar-refractivity contribution in [2.75, 3.05) is 13.1 Å². The van der Waals surface area contributed by atoms with E-state index in [2.05, 4.69) is 11.8 Å². The molecular formula is C16H25NO2. The normalized spacial score (nSPS) is 19.9. The molecule has 0 saturated carbocycles. The Hall–Kier alpha value is -1.22. The van der Waals surface area contributed by atoms with Gasteiger partial charge in [0.2, 0.25) is 0 Å². The molecule has 2 rings (SSSR count). The first-order valence-electron chi connectivity index (χ1n) is 7.45. The number of benzene rings is 1. The molecule has 3 nitrogen and oxygen atoms in total. The molecular weight excluding hydrogens is 238 g/mol. The molecule has 1 atom stereocenters. The van der Waals surface area contributed by atoms with E-state index in [1.165, 1.54) is 45.2 Å². The van der Waals surface area contributed by atoms with E-state index in [1.807, 2.05) is 6.07 Å². The first kappa shape index (κ1) is 14.2. The molecule has 2 N–H and O–H groups in total. The molecule has 1 fully saturated rings. The highest BCUT2D eigenvalue weighted by Crippen LogP contribution is 2.28. The Morgan fingerprint density at radius 1 is 1.21 bits per heavy atom. The van der Waals surface area contributed by atoms with E-state index in [1.54, 1.807) is 12.1 Å². The Morgan fingerprint density at radius 2 is 2.05 bits per heavy atom. The monoisotopic (exact) mass is 263 g/mol. The van der Waals surface area contributed by atoms with Gasteiger partial charge in [0.15, 0.2) is 11.5 Å². The lowest BCUT2D eigenvalue weighted by Crippen LogP contribution is -2.32. The lowest BCUT2D eigenvalue weighted by Gasteiger charge is -2.24. The molecule has 1 aliphatic heterocycles. The van der Waals surface area contributed by atoms with Crippen molar-refractivity contribution in [2.45, 2.75) is 51.5 Å². The van der Waals surface area contributed by atoms with Crippen molar-refractivity contribution in [1.82, 2.24) is 4.90 Å². The summed E-state index contributed by atoms with van der Waals surface area (Å²) in [6.07, 6.45) is 7.36. The molecule has 0 amide bonds. The third-order valence-corrected chi connectivity index (χ3v) is 4.06. The van der Waals surface area contributed by atoms with Crippen LogP contribution in [0.15, 0.2) is 18.2 Å². The minimum absolute atomic E-state index is 0.00645. The Bertz CT molecular complexity index is 406. The van der Waals surface area contributed by atoms with Crippen molar-refractivity contribution in [1.29, 1.82) is 0 Å². The number of rotatable bonds is 6. The molecule has 0 bridgehead atoms. The fourth-order valence-electron chi connectivity index (χ4n) is 2.95. The molecule has 106 valence electrons. The average Bonchev–Trinajstić information content (AvgIpc) is 2.82. The zero-order chi connectivity index (χ0) is 13.7. The minimum Gasteiger partial charge on any atom is -0.504 e. The topological polar surface area (TPSA) is 43.7 Å². The summed E-state index contributed by atoms with van der Waals surface area (Å²) in [6, 6.07) is 5.79. The Balaban J connectivity index is 1.91. The van der Waals surface area contributed by atoms with Crippen LogP contribution in [0.1, 0.15) is 44.6 Å². The summed E-state index contributed by atoms with van der Waals surface area (Å²) in [5, 5.41) is 18.9. The number of nitrogens with zero attached hydrogens (tertiary/aromatic N) is 1. The first-order valence-corrected chi connectivity index (χ1v) is 7.45. The van der Waals surface area contributed by atoms with Crippen LogP contribution in [0.5, 0.6) is 11.5 Å². The maximum atomic E-state index is 9.55. The molecule has 0 aromatic heterocycles. The molecule has 0 spiro atoms. The van der Waals surface area contributed by atoms with Gasteiger partial charge in [-0.3, -0.25) is 0 Å². The summed E-state index contributed by atoms with van der Waals surface area (Å²) in [4.78, 5) is 2.58. The maximum absolute atomic E-state index is 9.55. The van der Waals surface area contributed by atoms with Crippen molar-refractivity contribution in [3.8, 4) is 11.5 Å². The minimum atomic E-state index is -0.0324. The number of hydrogen-bond donors (Lipinski definition) is 2. The van der Waals surface area contributed by atoms with E-state index < -0.39 is 0 Å². The van der Waals surface area contributed by atoms with E-state index in [-0.39, 0.29) is 11.5 Å². The average molecular weight is 263 g/mol. The zero-order valence-corrected chi connectivity index (χ0v) is 11.8. The SMILES string of the molecule is CCCCCN1CCCC1Cc1ccc(O)c(O)c1. The van der Waals surface area contributed by atoms with Crippen molar-refractivity contribution in [3.63, 3.8) is 0 Å².